The van der Waals surface area contributed by atoms with Gasteiger partial charge >= 0.3 is 5.97 Å². The molecule has 0 bridgehead atoms. The number of fused-ring (bicyclic) bond motifs is 1. The summed E-state index contributed by atoms with van der Waals surface area (Å²) in [5.74, 6) is 0.240. The number of amides is 1. The van der Waals surface area contributed by atoms with Crippen molar-refractivity contribution in [2.24, 2.45) is 0 Å². The second-order valence-corrected chi connectivity index (χ2v) is 6.97. The molecule has 3 rings (SSSR count). The normalized spacial score (nSPS) is 16.1. The Hall–Kier alpha value is -3.02. The molecule has 6 nitrogen and oxygen atoms in total. The molecule has 0 radical (unpaired) electrons. The maximum absolute atomic E-state index is 13.0. The minimum absolute atomic E-state index is 0.0242. The third-order valence-electron chi connectivity index (χ3n) is 4.86. The van der Waals surface area contributed by atoms with Gasteiger partial charge in [0, 0.05) is 11.7 Å². The molecule has 0 aliphatic carbocycles. The van der Waals surface area contributed by atoms with Crippen LogP contribution in [0.3, 0.4) is 0 Å². The van der Waals surface area contributed by atoms with Gasteiger partial charge in [-0.05, 0) is 63.9 Å². The van der Waals surface area contributed by atoms with Crippen molar-refractivity contribution in [2.75, 3.05) is 18.1 Å². The maximum Gasteiger partial charge on any atom is 0.339 e. The molecule has 29 heavy (non-hydrogen) atoms. The van der Waals surface area contributed by atoms with Crippen molar-refractivity contribution >= 4 is 17.6 Å². The summed E-state index contributed by atoms with van der Waals surface area (Å²) < 4.78 is 16.6. The topological polar surface area (TPSA) is 65.1 Å². The number of esters is 1. The number of ether oxygens (including phenoxy) is 3. The van der Waals surface area contributed by atoms with Crippen LogP contribution in [0.5, 0.6) is 11.5 Å². The molecule has 0 N–H and O–H groups in total. The highest BCUT2D eigenvalue weighted by atomic mass is 16.5. The monoisotopic (exact) mass is 397 g/mol. The number of carbonyl (C=O) groups is 2. The number of para-hydroxylation sites is 1. The first-order chi connectivity index (χ1) is 14.0. The summed E-state index contributed by atoms with van der Waals surface area (Å²) in [6, 6.07) is 12.7. The van der Waals surface area contributed by atoms with E-state index in [2.05, 4.69) is 0 Å². The van der Waals surface area contributed by atoms with Crippen molar-refractivity contribution in [3.05, 3.63) is 53.6 Å². The van der Waals surface area contributed by atoms with Crippen LogP contribution in [0.4, 0.5) is 5.69 Å². The maximum atomic E-state index is 13.0. The van der Waals surface area contributed by atoms with Crippen LogP contribution in [0, 0.1) is 0 Å². The number of hydrogen-bond donors (Lipinski definition) is 0. The molecule has 0 unspecified atom stereocenters. The summed E-state index contributed by atoms with van der Waals surface area (Å²) >= 11 is 0. The number of nitrogens with zero attached hydrogens (tertiary/aromatic N) is 1. The van der Waals surface area contributed by atoms with Gasteiger partial charge in [-0.15, -0.1) is 0 Å². The molecule has 6 heteroatoms. The van der Waals surface area contributed by atoms with Crippen LogP contribution < -0.4 is 14.4 Å². The Morgan fingerprint density at radius 1 is 1.07 bits per heavy atom. The van der Waals surface area contributed by atoms with Gasteiger partial charge in [0.15, 0.2) is 17.6 Å². The van der Waals surface area contributed by atoms with Crippen molar-refractivity contribution < 1.29 is 23.8 Å². The molecule has 2 atom stereocenters. The van der Waals surface area contributed by atoms with Crippen LogP contribution in [-0.2, 0) is 16.0 Å². The Balaban J connectivity index is 1.73. The van der Waals surface area contributed by atoms with Gasteiger partial charge in [-0.2, -0.15) is 0 Å². The lowest BCUT2D eigenvalue weighted by molar-refractivity contribution is -0.126. The second kappa shape index (κ2) is 8.99. The number of anilines is 1. The zero-order valence-corrected chi connectivity index (χ0v) is 17.3. The summed E-state index contributed by atoms with van der Waals surface area (Å²) in [4.78, 5) is 27.4. The smallest absolute Gasteiger partial charge is 0.339 e. The van der Waals surface area contributed by atoms with Crippen LogP contribution in [-0.4, -0.2) is 37.2 Å². The fraction of sp³-hybridized carbons (Fsp3) is 0.391. The van der Waals surface area contributed by atoms with E-state index in [0.717, 1.165) is 17.7 Å². The lowest BCUT2D eigenvalue weighted by atomic mass is 10.1. The Kier molecular flexibility index (Phi) is 6.42. The van der Waals surface area contributed by atoms with Crippen LogP contribution in [0.2, 0.25) is 0 Å². The third kappa shape index (κ3) is 4.36. The Morgan fingerprint density at radius 2 is 1.76 bits per heavy atom. The molecular weight excluding hydrogens is 370 g/mol. The molecule has 1 aliphatic rings. The predicted molar refractivity (Wildman–Crippen MR) is 111 cm³/mol. The van der Waals surface area contributed by atoms with Gasteiger partial charge in [-0.3, -0.25) is 4.79 Å². The van der Waals surface area contributed by atoms with E-state index in [1.54, 1.807) is 30.0 Å². The largest absolute Gasteiger partial charge is 0.490 e. The summed E-state index contributed by atoms with van der Waals surface area (Å²) in [5.41, 5.74) is 2.32. The molecule has 2 aromatic carbocycles. The quantitative estimate of drug-likeness (QED) is 0.661. The highest BCUT2D eigenvalue weighted by Gasteiger charge is 2.34. The first-order valence-electron chi connectivity index (χ1n) is 9.97. The molecule has 0 saturated heterocycles. The zero-order valence-electron chi connectivity index (χ0n) is 17.3. The molecule has 2 aromatic rings. The zero-order chi connectivity index (χ0) is 21.0. The van der Waals surface area contributed by atoms with Crippen molar-refractivity contribution in [2.45, 2.75) is 46.3 Å². The molecule has 1 amide bonds. The summed E-state index contributed by atoms with van der Waals surface area (Å²) in [7, 11) is 0. The second-order valence-electron chi connectivity index (χ2n) is 6.97. The molecule has 1 heterocycles. The predicted octanol–water partition coefficient (Wildman–Crippen LogP) is 4.01. The van der Waals surface area contributed by atoms with Crippen molar-refractivity contribution in [3.8, 4) is 11.5 Å². The van der Waals surface area contributed by atoms with E-state index in [1.165, 1.54) is 0 Å². The van der Waals surface area contributed by atoms with Crippen molar-refractivity contribution in [1.29, 1.82) is 0 Å². The summed E-state index contributed by atoms with van der Waals surface area (Å²) in [6.45, 7) is 8.27. The fourth-order valence-electron chi connectivity index (χ4n) is 3.55. The Morgan fingerprint density at radius 3 is 2.48 bits per heavy atom. The fourth-order valence-corrected chi connectivity index (χ4v) is 3.55. The van der Waals surface area contributed by atoms with E-state index in [4.69, 9.17) is 14.2 Å². The van der Waals surface area contributed by atoms with Crippen LogP contribution in [0.1, 0.15) is 43.6 Å². The lowest BCUT2D eigenvalue weighted by Gasteiger charge is -2.26. The van der Waals surface area contributed by atoms with Crippen LogP contribution >= 0.6 is 0 Å². The first-order valence-corrected chi connectivity index (χ1v) is 9.97. The van der Waals surface area contributed by atoms with Gasteiger partial charge in [-0.1, -0.05) is 18.2 Å². The van der Waals surface area contributed by atoms with Crippen LogP contribution in [0.25, 0.3) is 0 Å². The molecule has 1 aliphatic heterocycles. The minimum atomic E-state index is -0.904. The molecule has 0 spiro atoms. The number of hydrogen-bond acceptors (Lipinski definition) is 5. The van der Waals surface area contributed by atoms with E-state index >= 15 is 0 Å². The van der Waals surface area contributed by atoms with Crippen molar-refractivity contribution in [1.82, 2.24) is 0 Å². The Bertz CT molecular complexity index is 895. The molecule has 0 fully saturated rings. The van der Waals surface area contributed by atoms with Gasteiger partial charge in [0.25, 0.3) is 5.91 Å². The standard InChI is InChI=1S/C23H27NO5/c1-5-27-20-12-11-18(14-21(20)28-6-2)23(26)29-16(4)22(25)24-15(3)13-17-9-7-8-10-19(17)24/h7-12,14-16H,5-6,13H2,1-4H3/t15-,16-/m0/s1. The highest BCUT2D eigenvalue weighted by Crippen LogP contribution is 2.33. The van der Waals surface area contributed by atoms with E-state index in [0.29, 0.717) is 30.3 Å². The average molecular weight is 397 g/mol. The van der Waals surface area contributed by atoms with Gasteiger partial charge in [0.2, 0.25) is 0 Å². The van der Waals surface area contributed by atoms with E-state index < -0.39 is 12.1 Å². The number of rotatable bonds is 7. The number of carbonyl (C=O) groups excluding carboxylic acids is 2. The van der Waals surface area contributed by atoms with Gasteiger partial charge in [-0.25, -0.2) is 4.79 Å². The number of benzene rings is 2. The van der Waals surface area contributed by atoms with Crippen LogP contribution in [0.15, 0.2) is 42.5 Å². The third-order valence-corrected chi connectivity index (χ3v) is 4.86. The summed E-state index contributed by atoms with van der Waals surface area (Å²) in [5, 5.41) is 0. The molecule has 154 valence electrons. The summed E-state index contributed by atoms with van der Waals surface area (Å²) in [6.07, 6.45) is -0.114. The van der Waals surface area contributed by atoms with Gasteiger partial charge in [0.1, 0.15) is 0 Å². The first kappa shape index (κ1) is 20.7. The van der Waals surface area contributed by atoms with E-state index in [-0.39, 0.29) is 11.9 Å². The van der Waals surface area contributed by atoms with E-state index in [1.807, 2.05) is 45.0 Å². The lowest BCUT2D eigenvalue weighted by Crippen LogP contribution is -2.43. The van der Waals surface area contributed by atoms with Crippen molar-refractivity contribution in [3.63, 3.8) is 0 Å². The molecule has 0 saturated carbocycles. The SMILES string of the molecule is CCOc1ccc(C(=O)O[C@@H](C)C(=O)N2c3ccccc3C[C@@H]2C)cc1OCC. The molecule has 0 aromatic heterocycles. The minimum Gasteiger partial charge on any atom is -0.490 e. The highest BCUT2D eigenvalue weighted by molar-refractivity contribution is 6.01. The average Bonchev–Trinajstić information content (AvgIpc) is 3.04. The van der Waals surface area contributed by atoms with Gasteiger partial charge < -0.3 is 19.1 Å². The van der Waals surface area contributed by atoms with Gasteiger partial charge in [0.05, 0.1) is 18.8 Å². The Labute approximate surface area is 171 Å². The molecular formula is C23H27NO5. The van der Waals surface area contributed by atoms with E-state index in [9.17, 15) is 9.59 Å².